The van der Waals surface area contributed by atoms with E-state index in [0.29, 0.717) is 0 Å². The van der Waals surface area contributed by atoms with Gasteiger partial charge in [-0.15, -0.1) is 11.3 Å². The Hall–Kier alpha value is -1.39. The molecule has 1 atom stereocenters. The van der Waals surface area contributed by atoms with Gasteiger partial charge in [0.25, 0.3) is 0 Å². The molecule has 1 saturated heterocycles. The van der Waals surface area contributed by atoms with E-state index in [-0.39, 0.29) is 0 Å². The summed E-state index contributed by atoms with van der Waals surface area (Å²) in [7, 11) is 0. The van der Waals surface area contributed by atoms with Crippen LogP contribution in [0.3, 0.4) is 0 Å². The van der Waals surface area contributed by atoms with Crippen LogP contribution in [0.5, 0.6) is 0 Å². The second-order valence-corrected chi connectivity index (χ2v) is 5.94. The SMILES string of the molecule is O=C(O)C(c1csc2ccccc12)N1CCCCC1. The van der Waals surface area contributed by atoms with Gasteiger partial charge >= 0.3 is 5.97 Å². The molecule has 3 rings (SSSR count). The predicted molar refractivity (Wildman–Crippen MR) is 77.6 cm³/mol. The van der Waals surface area contributed by atoms with Gasteiger partial charge in [0, 0.05) is 4.70 Å². The lowest BCUT2D eigenvalue weighted by Gasteiger charge is -2.31. The van der Waals surface area contributed by atoms with Gasteiger partial charge in [0.05, 0.1) is 0 Å². The number of carbonyl (C=O) groups is 1. The van der Waals surface area contributed by atoms with Crippen LogP contribution in [-0.2, 0) is 4.79 Å². The van der Waals surface area contributed by atoms with Crippen LogP contribution in [0.1, 0.15) is 30.9 Å². The Morgan fingerprint density at radius 1 is 1.21 bits per heavy atom. The van der Waals surface area contributed by atoms with E-state index < -0.39 is 12.0 Å². The molecule has 0 spiro atoms. The van der Waals surface area contributed by atoms with Gasteiger partial charge in [0.15, 0.2) is 0 Å². The number of carboxylic acid groups (broad SMARTS) is 1. The minimum atomic E-state index is -0.731. The molecule has 1 unspecified atom stereocenters. The van der Waals surface area contributed by atoms with Gasteiger partial charge in [-0.05, 0) is 48.3 Å². The molecular formula is C15H17NO2S. The lowest BCUT2D eigenvalue weighted by molar-refractivity contribution is -0.144. The number of hydrogen-bond acceptors (Lipinski definition) is 3. The molecule has 2 aromatic rings. The standard InChI is InChI=1S/C15H17NO2S/c17-15(18)14(16-8-4-1-5-9-16)12-10-19-13-7-3-2-6-11(12)13/h2-3,6-7,10,14H,1,4-5,8-9H2,(H,17,18). The van der Waals surface area contributed by atoms with Crippen molar-refractivity contribution in [3.05, 3.63) is 35.2 Å². The first kappa shape index (κ1) is 12.6. The zero-order valence-electron chi connectivity index (χ0n) is 10.7. The Morgan fingerprint density at radius 2 is 1.95 bits per heavy atom. The van der Waals surface area contributed by atoms with Crippen LogP contribution in [0.4, 0.5) is 0 Å². The molecule has 0 aliphatic carbocycles. The zero-order valence-corrected chi connectivity index (χ0v) is 11.5. The normalized spacial score (nSPS) is 18.5. The molecule has 1 aliphatic heterocycles. The minimum absolute atomic E-state index is 0.489. The number of piperidine rings is 1. The topological polar surface area (TPSA) is 40.5 Å². The molecule has 1 aromatic carbocycles. The maximum atomic E-state index is 11.7. The average Bonchev–Trinajstić information content (AvgIpc) is 2.84. The van der Waals surface area contributed by atoms with Gasteiger partial charge in [-0.3, -0.25) is 9.69 Å². The van der Waals surface area contributed by atoms with Crippen LogP contribution in [0, 0.1) is 0 Å². The Kier molecular flexibility index (Phi) is 3.53. The molecule has 3 nitrogen and oxygen atoms in total. The predicted octanol–water partition coefficient (Wildman–Crippen LogP) is 3.51. The third kappa shape index (κ3) is 2.38. The highest BCUT2D eigenvalue weighted by atomic mass is 32.1. The van der Waals surface area contributed by atoms with Gasteiger partial charge in [0.1, 0.15) is 6.04 Å². The summed E-state index contributed by atoms with van der Waals surface area (Å²) in [6.07, 6.45) is 3.42. The van der Waals surface area contributed by atoms with Crippen molar-refractivity contribution in [1.29, 1.82) is 0 Å². The molecule has 1 aliphatic rings. The second kappa shape index (κ2) is 5.31. The number of nitrogens with zero attached hydrogens (tertiary/aromatic N) is 1. The highest BCUT2D eigenvalue weighted by Crippen LogP contribution is 2.34. The van der Waals surface area contributed by atoms with Gasteiger partial charge < -0.3 is 5.11 Å². The van der Waals surface area contributed by atoms with Gasteiger partial charge in [-0.2, -0.15) is 0 Å². The van der Waals surface area contributed by atoms with Crippen molar-refractivity contribution < 1.29 is 9.90 Å². The minimum Gasteiger partial charge on any atom is -0.480 e. The van der Waals surface area contributed by atoms with Gasteiger partial charge in [-0.25, -0.2) is 0 Å². The third-order valence-corrected chi connectivity index (χ3v) is 4.78. The van der Waals surface area contributed by atoms with Crippen molar-refractivity contribution in [2.75, 3.05) is 13.1 Å². The summed E-state index contributed by atoms with van der Waals surface area (Å²) in [4.78, 5) is 13.8. The lowest BCUT2D eigenvalue weighted by Crippen LogP contribution is -2.37. The van der Waals surface area contributed by atoms with Crippen LogP contribution in [0.2, 0.25) is 0 Å². The number of likely N-dealkylation sites (tertiary alicyclic amines) is 1. The molecule has 1 N–H and O–H groups in total. The molecule has 0 saturated carbocycles. The number of thiophene rings is 1. The monoisotopic (exact) mass is 275 g/mol. The average molecular weight is 275 g/mol. The van der Waals surface area contributed by atoms with Crippen LogP contribution in [0.15, 0.2) is 29.6 Å². The number of hydrogen-bond donors (Lipinski definition) is 1. The molecule has 2 heterocycles. The Balaban J connectivity index is 2.01. The van der Waals surface area contributed by atoms with E-state index in [0.717, 1.165) is 36.9 Å². The van der Waals surface area contributed by atoms with Crippen molar-refractivity contribution in [3.63, 3.8) is 0 Å². The van der Waals surface area contributed by atoms with E-state index in [4.69, 9.17) is 0 Å². The van der Waals surface area contributed by atoms with Crippen molar-refractivity contribution in [1.82, 2.24) is 4.90 Å². The van der Waals surface area contributed by atoms with Crippen molar-refractivity contribution in [3.8, 4) is 0 Å². The van der Waals surface area contributed by atoms with Crippen molar-refractivity contribution >= 4 is 27.4 Å². The molecule has 0 radical (unpaired) electrons. The summed E-state index contributed by atoms with van der Waals surface area (Å²) < 4.78 is 1.17. The summed E-state index contributed by atoms with van der Waals surface area (Å²) in [6.45, 7) is 1.78. The highest BCUT2D eigenvalue weighted by molar-refractivity contribution is 7.17. The van der Waals surface area contributed by atoms with Crippen LogP contribution >= 0.6 is 11.3 Å². The van der Waals surface area contributed by atoms with E-state index in [9.17, 15) is 9.90 Å². The van der Waals surface area contributed by atoms with E-state index in [1.54, 1.807) is 11.3 Å². The van der Waals surface area contributed by atoms with E-state index in [1.165, 1.54) is 11.1 Å². The van der Waals surface area contributed by atoms with Crippen molar-refractivity contribution in [2.45, 2.75) is 25.3 Å². The van der Waals surface area contributed by atoms with Gasteiger partial charge in [0.2, 0.25) is 0 Å². The molecule has 1 aromatic heterocycles. The van der Waals surface area contributed by atoms with Crippen LogP contribution < -0.4 is 0 Å². The third-order valence-electron chi connectivity index (χ3n) is 3.80. The van der Waals surface area contributed by atoms with Gasteiger partial charge in [-0.1, -0.05) is 24.6 Å². The summed E-state index contributed by atoms with van der Waals surface area (Å²) in [5, 5.41) is 12.7. The highest BCUT2D eigenvalue weighted by Gasteiger charge is 2.30. The summed E-state index contributed by atoms with van der Waals surface area (Å²) >= 11 is 1.63. The molecule has 4 heteroatoms. The Bertz CT molecular complexity index is 587. The lowest BCUT2D eigenvalue weighted by atomic mass is 10.0. The molecule has 100 valence electrons. The maximum Gasteiger partial charge on any atom is 0.325 e. The summed E-state index contributed by atoms with van der Waals surface area (Å²) in [5.41, 5.74) is 0.954. The Labute approximate surface area is 116 Å². The second-order valence-electron chi connectivity index (χ2n) is 5.02. The fraction of sp³-hybridized carbons (Fsp3) is 0.400. The first-order valence-electron chi connectivity index (χ1n) is 6.70. The number of benzene rings is 1. The van der Waals surface area contributed by atoms with Crippen LogP contribution in [0.25, 0.3) is 10.1 Å². The quantitative estimate of drug-likeness (QED) is 0.931. The van der Waals surface area contributed by atoms with Crippen LogP contribution in [-0.4, -0.2) is 29.1 Å². The van der Waals surface area contributed by atoms with E-state index >= 15 is 0 Å². The maximum absolute atomic E-state index is 11.7. The number of fused-ring (bicyclic) bond motifs is 1. The fourth-order valence-corrected chi connectivity index (χ4v) is 3.85. The summed E-state index contributed by atoms with van der Waals surface area (Å²) in [5.74, 6) is -0.731. The molecular weight excluding hydrogens is 258 g/mol. The van der Waals surface area contributed by atoms with E-state index in [1.807, 2.05) is 23.6 Å². The van der Waals surface area contributed by atoms with Crippen molar-refractivity contribution in [2.24, 2.45) is 0 Å². The smallest absolute Gasteiger partial charge is 0.325 e. The molecule has 19 heavy (non-hydrogen) atoms. The first-order valence-corrected chi connectivity index (χ1v) is 7.58. The zero-order chi connectivity index (χ0) is 13.2. The molecule has 1 fully saturated rings. The Morgan fingerprint density at radius 3 is 2.68 bits per heavy atom. The first-order chi connectivity index (χ1) is 9.27. The fourth-order valence-electron chi connectivity index (χ4n) is 2.87. The number of rotatable bonds is 3. The summed E-state index contributed by atoms with van der Waals surface area (Å²) in [6, 6.07) is 7.57. The largest absolute Gasteiger partial charge is 0.480 e. The number of carboxylic acids is 1. The molecule has 0 amide bonds. The number of aliphatic carboxylic acids is 1. The van der Waals surface area contributed by atoms with E-state index in [2.05, 4.69) is 11.0 Å². The molecule has 0 bridgehead atoms.